The van der Waals surface area contributed by atoms with E-state index in [0.29, 0.717) is 0 Å². The number of nitrogens with zero attached hydrogens (tertiary/aromatic N) is 3. The highest BCUT2D eigenvalue weighted by atomic mass is 16.5. The van der Waals surface area contributed by atoms with Crippen LogP contribution in [0.3, 0.4) is 0 Å². The van der Waals surface area contributed by atoms with Crippen molar-refractivity contribution < 1.29 is 9.84 Å². The maximum atomic E-state index is 11.9. The molecule has 0 aliphatic heterocycles. The molecule has 21 heavy (non-hydrogen) atoms. The zero-order chi connectivity index (χ0) is 15.7. The highest BCUT2D eigenvalue weighted by molar-refractivity contribution is 5.73. The lowest BCUT2D eigenvalue weighted by Crippen LogP contribution is -2.30. The fourth-order valence-corrected chi connectivity index (χ4v) is 2.00. The van der Waals surface area contributed by atoms with Crippen LogP contribution in [-0.4, -0.2) is 43.0 Å². The van der Waals surface area contributed by atoms with Crippen molar-refractivity contribution in [2.75, 3.05) is 12.3 Å². The van der Waals surface area contributed by atoms with Gasteiger partial charge in [-0.05, 0) is 13.8 Å². The molecule has 1 unspecified atom stereocenters. The number of aryl methyl sites for hydroxylation is 1. The predicted molar refractivity (Wildman–Crippen MR) is 77.1 cm³/mol. The van der Waals surface area contributed by atoms with Crippen LogP contribution in [0.2, 0.25) is 0 Å². The number of aliphatic hydroxyl groups is 1. The maximum absolute atomic E-state index is 11.9. The summed E-state index contributed by atoms with van der Waals surface area (Å²) in [5.74, 6) is 0.0558. The molecule has 0 aliphatic carbocycles. The minimum Gasteiger partial charge on any atom is -0.389 e. The van der Waals surface area contributed by atoms with Gasteiger partial charge in [-0.2, -0.15) is 4.98 Å². The van der Waals surface area contributed by atoms with E-state index in [1.165, 1.54) is 16.2 Å². The topological polar surface area (TPSA) is 128 Å². The molecular formula is C12H19N5O4. The summed E-state index contributed by atoms with van der Waals surface area (Å²) in [6.07, 6.45) is -0.857. The number of nitrogens with two attached hydrogens (primary N) is 1. The van der Waals surface area contributed by atoms with Crippen LogP contribution in [0.25, 0.3) is 11.2 Å². The predicted octanol–water partition coefficient (Wildman–Crippen LogP) is -1.21. The molecule has 1 atom stereocenters. The first-order valence-electron chi connectivity index (χ1n) is 6.56. The lowest BCUT2D eigenvalue weighted by molar-refractivity contribution is -0.0000857. The number of hydrogen-bond acceptors (Lipinski definition) is 6. The zero-order valence-corrected chi connectivity index (χ0v) is 12.2. The number of aromatic amines is 1. The Morgan fingerprint density at radius 3 is 2.71 bits per heavy atom. The molecule has 2 aromatic rings. The van der Waals surface area contributed by atoms with Gasteiger partial charge in [-0.25, -0.2) is 4.79 Å². The minimum absolute atomic E-state index is 0.0132. The van der Waals surface area contributed by atoms with Crippen LogP contribution in [0.1, 0.15) is 13.8 Å². The summed E-state index contributed by atoms with van der Waals surface area (Å²) in [6, 6.07) is 0. The Morgan fingerprint density at radius 1 is 1.43 bits per heavy atom. The normalized spacial score (nSPS) is 13.2. The molecule has 9 nitrogen and oxygen atoms in total. The van der Waals surface area contributed by atoms with E-state index in [1.54, 1.807) is 0 Å². The van der Waals surface area contributed by atoms with Crippen molar-refractivity contribution >= 4 is 17.1 Å². The molecule has 0 fully saturated rings. The average Bonchev–Trinajstić information content (AvgIpc) is 2.72. The molecule has 9 heteroatoms. The van der Waals surface area contributed by atoms with Crippen LogP contribution in [0.15, 0.2) is 9.59 Å². The summed E-state index contributed by atoms with van der Waals surface area (Å²) >= 11 is 0. The van der Waals surface area contributed by atoms with E-state index in [1.807, 2.05) is 13.8 Å². The van der Waals surface area contributed by atoms with Crippen molar-refractivity contribution in [2.24, 2.45) is 7.05 Å². The van der Waals surface area contributed by atoms with Crippen molar-refractivity contribution in [3.05, 3.63) is 20.8 Å². The van der Waals surface area contributed by atoms with Crippen molar-refractivity contribution in [3.8, 4) is 0 Å². The lowest BCUT2D eigenvalue weighted by Gasteiger charge is -2.15. The Labute approximate surface area is 120 Å². The second-order valence-electron chi connectivity index (χ2n) is 5.11. The molecule has 0 bridgehead atoms. The largest absolute Gasteiger partial charge is 0.389 e. The van der Waals surface area contributed by atoms with Crippen LogP contribution >= 0.6 is 0 Å². The number of H-pyrrole nitrogens is 1. The van der Waals surface area contributed by atoms with Crippen LogP contribution in [-0.2, 0) is 18.3 Å². The Kier molecular flexibility index (Phi) is 4.14. The van der Waals surface area contributed by atoms with E-state index in [2.05, 4.69) is 9.97 Å². The molecule has 0 aliphatic rings. The van der Waals surface area contributed by atoms with E-state index < -0.39 is 17.4 Å². The first kappa shape index (κ1) is 15.3. The van der Waals surface area contributed by atoms with Gasteiger partial charge >= 0.3 is 5.69 Å². The molecule has 4 N–H and O–H groups in total. The van der Waals surface area contributed by atoms with Gasteiger partial charge < -0.3 is 20.1 Å². The number of aromatic nitrogens is 4. The summed E-state index contributed by atoms with van der Waals surface area (Å²) < 4.78 is 7.88. The van der Waals surface area contributed by atoms with E-state index in [-0.39, 0.29) is 36.4 Å². The van der Waals surface area contributed by atoms with Gasteiger partial charge in [-0.1, -0.05) is 0 Å². The molecule has 0 saturated carbocycles. The van der Waals surface area contributed by atoms with Crippen molar-refractivity contribution in [1.29, 1.82) is 0 Å². The Hall–Kier alpha value is -2.13. The summed E-state index contributed by atoms with van der Waals surface area (Å²) in [5, 5.41) is 9.96. The number of imidazole rings is 1. The van der Waals surface area contributed by atoms with Crippen LogP contribution in [0, 0.1) is 0 Å². The molecule has 0 saturated heterocycles. The molecule has 2 heterocycles. The number of rotatable bonds is 5. The fraction of sp³-hybridized carbons (Fsp3) is 0.583. The monoisotopic (exact) mass is 297 g/mol. The first-order valence-corrected chi connectivity index (χ1v) is 6.56. The summed E-state index contributed by atoms with van der Waals surface area (Å²) in [7, 11) is 1.48. The van der Waals surface area contributed by atoms with Gasteiger partial charge in [0.2, 0.25) is 5.95 Å². The smallest absolute Gasteiger partial charge is 0.329 e. The van der Waals surface area contributed by atoms with Gasteiger partial charge in [0, 0.05) is 7.05 Å². The molecular weight excluding hydrogens is 278 g/mol. The van der Waals surface area contributed by atoms with Crippen LogP contribution in [0.4, 0.5) is 5.95 Å². The van der Waals surface area contributed by atoms with Gasteiger partial charge in [-0.15, -0.1) is 0 Å². The van der Waals surface area contributed by atoms with E-state index >= 15 is 0 Å². The Bertz CT molecular complexity index is 757. The number of ether oxygens (including phenoxy) is 1. The SMILES string of the molecule is CC(C)OCC(O)Cn1c(N)nc2c1c(=O)[nH]c(=O)n2C. The summed E-state index contributed by atoms with van der Waals surface area (Å²) in [6.45, 7) is 3.87. The van der Waals surface area contributed by atoms with Gasteiger partial charge in [0.05, 0.1) is 25.4 Å². The van der Waals surface area contributed by atoms with Crippen molar-refractivity contribution in [1.82, 2.24) is 19.1 Å². The summed E-state index contributed by atoms with van der Waals surface area (Å²) in [4.78, 5) is 29.7. The lowest BCUT2D eigenvalue weighted by atomic mass is 10.3. The molecule has 2 rings (SSSR count). The number of fused-ring (bicyclic) bond motifs is 1. The third kappa shape index (κ3) is 2.98. The van der Waals surface area contributed by atoms with E-state index in [9.17, 15) is 14.7 Å². The fourth-order valence-electron chi connectivity index (χ4n) is 2.00. The molecule has 0 spiro atoms. The quantitative estimate of drug-likeness (QED) is 0.635. The van der Waals surface area contributed by atoms with E-state index in [4.69, 9.17) is 10.5 Å². The standard InChI is InChI=1S/C12H19N5O4/c1-6(2)21-5-7(18)4-17-8-9(14-11(17)13)16(3)12(20)15-10(8)19/h6-7,18H,4-5H2,1-3H3,(H2,13,14)(H,15,19,20). The number of aliphatic hydroxyl groups excluding tert-OH is 1. The molecule has 0 aromatic carbocycles. The molecule has 0 radical (unpaired) electrons. The van der Waals surface area contributed by atoms with E-state index in [0.717, 1.165) is 0 Å². The molecule has 116 valence electrons. The number of nitrogens with one attached hydrogen (secondary N) is 1. The number of hydrogen-bond donors (Lipinski definition) is 3. The summed E-state index contributed by atoms with van der Waals surface area (Å²) in [5.41, 5.74) is 4.95. The van der Waals surface area contributed by atoms with Gasteiger partial charge in [0.15, 0.2) is 11.2 Å². The number of anilines is 1. The van der Waals surface area contributed by atoms with Gasteiger partial charge in [0.1, 0.15) is 0 Å². The Balaban J connectivity index is 2.41. The van der Waals surface area contributed by atoms with Crippen molar-refractivity contribution in [3.63, 3.8) is 0 Å². The molecule has 2 aromatic heterocycles. The maximum Gasteiger partial charge on any atom is 0.329 e. The highest BCUT2D eigenvalue weighted by Gasteiger charge is 2.18. The third-order valence-electron chi connectivity index (χ3n) is 3.05. The first-order chi connectivity index (χ1) is 9.81. The number of nitrogen functional groups attached to an aromatic ring is 1. The average molecular weight is 297 g/mol. The second-order valence-corrected chi connectivity index (χ2v) is 5.11. The third-order valence-corrected chi connectivity index (χ3v) is 3.05. The van der Waals surface area contributed by atoms with Gasteiger partial charge in [0.25, 0.3) is 5.56 Å². The van der Waals surface area contributed by atoms with Crippen LogP contribution in [0.5, 0.6) is 0 Å². The second kappa shape index (κ2) is 5.70. The van der Waals surface area contributed by atoms with Gasteiger partial charge in [-0.3, -0.25) is 14.3 Å². The van der Waals surface area contributed by atoms with Crippen LogP contribution < -0.4 is 17.0 Å². The Morgan fingerprint density at radius 2 is 2.10 bits per heavy atom. The molecule has 0 amide bonds. The zero-order valence-electron chi connectivity index (χ0n) is 12.2. The van der Waals surface area contributed by atoms with Crippen molar-refractivity contribution in [2.45, 2.75) is 32.6 Å². The highest BCUT2D eigenvalue weighted by Crippen LogP contribution is 2.13. The minimum atomic E-state index is -0.844.